The molecule has 1 atom stereocenters. The van der Waals surface area contributed by atoms with Crippen LogP contribution in [0.2, 0.25) is 0 Å². The van der Waals surface area contributed by atoms with Gasteiger partial charge in [0, 0.05) is 24.6 Å². The zero-order valence-electron chi connectivity index (χ0n) is 19.3. The molecular formula is C27H25N3O5. The first kappa shape index (κ1) is 21.5. The summed E-state index contributed by atoms with van der Waals surface area (Å²) in [5.74, 6) is -0.292. The Labute approximate surface area is 202 Å². The van der Waals surface area contributed by atoms with Crippen molar-refractivity contribution in [3.8, 4) is 11.5 Å². The van der Waals surface area contributed by atoms with Crippen molar-refractivity contribution < 1.29 is 23.9 Å². The molecule has 2 fully saturated rings. The molecule has 3 aromatic carbocycles. The molecule has 0 aromatic heterocycles. The van der Waals surface area contributed by atoms with Gasteiger partial charge >= 0.3 is 6.03 Å². The van der Waals surface area contributed by atoms with Gasteiger partial charge in [0.2, 0.25) is 5.91 Å². The minimum Gasteiger partial charge on any atom is -0.448 e. The summed E-state index contributed by atoms with van der Waals surface area (Å²) in [7, 11) is 0. The maximum atomic E-state index is 13.3. The van der Waals surface area contributed by atoms with Crippen molar-refractivity contribution in [2.75, 3.05) is 11.9 Å². The summed E-state index contributed by atoms with van der Waals surface area (Å²) in [4.78, 5) is 39.7. The predicted molar refractivity (Wildman–Crippen MR) is 129 cm³/mol. The molecule has 0 radical (unpaired) electrons. The highest BCUT2D eigenvalue weighted by atomic mass is 16.7. The number of urea groups is 1. The Morgan fingerprint density at radius 3 is 2.51 bits per heavy atom. The quantitative estimate of drug-likeness (QED) is 0.554. The fourth-order valence-electron chi connectivity index (χ4n) is 5.17. The number of fused-ring (bicyclic) bond motifs is 2. The second-order valence-corrected chi connectivity index (χ2v) is 9.54. The van der Waals surface area contributed by atoms with Crippen LogP contribution in [0.5, 0.6) is 11.5 Å². The van der Waals surface area contributed by atoms with E-state index >= 15 is 0 Å². The Balaban J connectivity index is 1.16. The number of anilines is 1. The second kappa shape index (κ2) is 7.73. The van der Waals surface area contributed by atoms with Crippen molar-refractivity contribution in [3.05, 3.63) is 66.2 Å². The average molecular weight is 472 g/mol. The van der Waals surface area contributed by atoms with E-state index in [1.807, 2.05) is 42.5 Å². The van der Waals surface area contributed by atoms with Gasteiger partial charge in [-0.15, -0.1) is 0 Å². The Morgan fingerprint density at radius 1 is 0.971 bits per heavy atom. The molecule has 35 heavy (non-hydrogen) atoms. The molecule has 8 nitrogen and oxygen atoms in total. The van der Waals surface area contributed by atoms with E-state index in [-0.39, 0.29) is 0 Å². The van der Waals surface area contributed by atoms with Gasteiger partial charge in [-0.25, -0.2) is 4.79 Å². The van der Waals surface area contributed by atoms with Crippen molar-refractivity contribution in [2.24, 2.45) is 0 Å². The summed E-state index contributed by atoms with van der Waals surface area (Å²) in [6, 6.07) is 18.0. The van der Waals surface area contributed by atoms with Gasteiger partial charge in [0.15, 0.2) is 11.5 Å². The summed E-state index contributed by atoms with van der Waals surface area (Å²) >= 11 is 0. The number of imide groups is 1. The highest BCUT2D eigenvalue weighted by Crippen LogP contribution is 2.47. The molecule has 1 spiro atoms. The van der Waals surface area contributed by atoms with Gasteiger partial charge in [-0.05, 0) is 54.3 Å². The van der Waals surface area contributed by atoms with Crippen LogP contribution in [0.4, 0.5) is 10.5 Å². The molecule has 6 rings (SSSR count). The normalized spacial score (nSPS) is 22.1. The monoisotopic (exact) mass is 471 g/mol. The molecule has 2 aliphatic heterocycles. The molecule has 1 saturated heterocycles. The minimum absolute atomic E-state index is 0.397. The lowest BCUT2D eigenvalue weighted by molar-refractivity contribution is -0.133. The van der Waals surface area contributed by atoms with E-state index in [9.17, 15) is 14.4 Å². The van der Waals surface area contributed by atoms with E-state index in [2.05, 4.69) is 10.6 Å². The molecular weight excluding hydrogens is 446 g/mol. The third kappa shape index (κ3) is 3.56. The third-order valence-electron chi connectivity index (χ3n) is 7.09. The van der Waals surface area contributed by atoms with Gasteiger partial charge in [-0.2, -0.15) is 0 Å². The van der Waals surface area contributed by atoms with Crippen molar-refractivity contribution in [3.63, 3.8) is 0 Å². The maximum Gasteiger partial charge on any atom is 0.325 e. The van der Waals surface area contributed by atoms with E-state index in [0.29, 0.717) is 22.7 Å². The first-order valence-corrected chi connectivity index (χ1v) is 11.8. The molecule has 8 heteroatoms. The number of amides is 4. The molecule has 1 saturated carbocycles. The van der Waals surface area contributed by atoms with Gasteiger partial charge in [0.05, 0.1) is 0 Å². The van der Waals surface area contributed by atoms with E-state index in [0.717, 1.165) is 41.4 Å². The fraction of sp³-hybridized carbons (Fsp3) is 0.296. The van der Waals surface area contributed by atoms with Crippen LogP contribution in [0, 0.1) is 0 Å². The van der Waals surface area contributed by atoms with Gasteiger partial charge in [0.1, 0.15) is 12.1 Å². The molecule has 0 unspecified atom stereocenters. The SMILES string of the molecule is C[C@]1(c2ccc3ccccc3c2)NC(=O)N(CC(=O)Nc2ccc3c(c2)OC2(CCCC2)O3)C1=O. The first-order chi connectivity index (χ1) is 16.9. The van der Waals surface area contributed by atoms with Crippen molar-refractivity contribution >= 4 is 34.3 Å². The van der Waals surface area contributed by atoms with Crippen molar-refractivity contribution in [2.45, 2.75) is 43.9 Å². The van der Waals surface area contributed by atoms with Crippen LogP contribution in [0.1, 0.15) is 38.2 Å². The average Bonchev–Trinajstić information content (AvgIpc) is 3.51. The Hall–Kier alpha value is -4.07. The number of carbonyl (C=O) groups excluding carboxylic acids is 3. The van der Waals surface area contributed by atoms with Crippen LogP contribution in [-0.2, 0) is 15.1 Å². The lowest BCUT2D eigenvalue weighted by atomic mass is 9.90. The van der Waals surface area contributed by atoms with Crippen LogP contribution in [0.25, 0.3) is 10.8 Å². The van der Waals surface area contributed by atoms with Crippen LogP contribution in [-0.4, -0.2) is 35.1 Å². The number of benzene rings is 3. The van der Waals surface area contributed by atoms with Crippen LogP contribution >= 0.6 is 0 Å². The van der Waals surface area contributed by atoms with Crippen LogP contribution in [0.3, 0.4) is 0 Å². The number of carbonyl (C=O) groups is 3. The smallest absolute Gasteiger partial charge is 0.325 e. The highest BCUT2D eigenvalue weighted by Gasteiger charge is 2.49. The zero-order valence-corrected chi connectivity index (χ0v) is 19.3. The molecule has 2 N–H and O–H groups in total. The number of nitrogens with zero attached hydrogens (tertiary/aromatic N) is 1. The molecule has 4 amide bonds. The number of nitrogens with one attached hydrogen (secondary N) is 2. The van der Waals surface area contributed by atoms with Gasteiger partial charge < -0.3 is 20.1 Å². The summed E-state index contributed by atoms with van der Waals surface area (Å²) in [5.41, 5.74) is -0.0822. The number of rotatable bonds is 4. The number of hydrogen-bond acceptors (Lipinski definition) is 5. The van der Waals surface area contributed by atoms with Crippen LogP contribution < -0.4 is 20.1 Å². The lowest BCUT2D eigenvalue weighted by Crippen LogP contribution is -2.42. The zero-order chi connectivity index (χ0) is 24.2. The highest BCUT2D eigenvalue weighted by molar-refractivity contribution is 6.10. The van der Waals surface area contributed by atoms with E-state index in [1.165, 1.54) is 0 Å². The largest absolute Gasteiger partial charge is 0.448 e. The molecule has 2 heterocycles. The third-order valence-corrected chi connectivity index (χ3v) is 7.09. The molecule has 3 aliphatic rings. The molecule has 178 valence electrons. The summed E-state index contributed by atoms with van der Waals surface area (Å²) in [5, 5.41) is 7.53. The van der Waals surface area contributed by atoms with E-state index in [1.54, 1.807) is 25.1 Å². The molecule has 0 bridgehead atoms. The number of hydrogen-bond donors (Lipinski definition) is 2. The van der Waals surface area contributed by atoms with E-state index < -0.39 is 35.7 Å². The van der Waals surface area contributed by atoms with Crippen molar-refractivity contribution in [1.29, 1.82) is 0 Å². The molecule has 1 aliphatic carbocycles. The fourth-order valence-corrected chi connectivity index (χ4v) is 5.17. The van der Waals surface area contributed by atoms with Gasteiger partial charge in [-0.3, -0.25) is 14.5 Å². The summed E-state index contributed by atoms with van der Waals surface area (Å²) in [6.07, 6.45) is 3.79. The summed E-state index contributed by atoms with van der Waals surface area (Å²) < 4.78 is 12.1. The minimum atomic E-state index is -1.25. The topological polar surface area (TPSA) is 97.0 Å². The van der Waals surface area contributed by atoms with Gasteiger partial charge in [-0.1, -0.05) is 36.4 Å². The lowest BCUT2D eigenvalue weighted by Gasteiger charge is -2.22. The van der Waals surface area contributed by atoms with Gasteiger partial charge in [0.25, 0.3) is 11.7 Å². The van der Waals surface area contributed by atoms with Crippen LogP contribution in [0.15, 0.2) is 60.7 Å². The Bertz CT molecular complexity index is 1380. The maximum absolute atomic E-state index is 13.3. The second-order valence-electron chi connectivity index (χ2n) is 9.54. The standard InChI is InChI=1S/C27H25N3O5/c1-26(19-9-8-17-6-2-3-7-18(17)14-19)24(32)30(25(33)29-26)16-23(31)28-20-10-11-21-22(15-20)35-27(34-21)12-4-5-13-27/h2-3,6-11,14-15H,4-5,12-13,16H2,1H3,(H,28,31)(H,29,33)/t26-/m1/s1. The van der Waals surface area contributed by atoms with E-state index in [4.69, 9.17) is 9.47 Å². The summed E-state index contributed by atoms with van der Waals surface area (Å²) in [6.45, 7) is 1.26. The molecule has 3 aromatic rings. The van der Waals surface area contributed by atoms with Crippen molar-refractivity contribution in [1.82, 2.24) is 10.2 Å². The predicted octanol–water partition coefficient (Wildman–Crippen LogP) is 4.29. The Kier molecular flexibility index (Phi) is 4.74. The Morgan fingerprint density at radius 2 is 1.71 bits per heavy atom. The number of ether oxygens (including phenoxy) is 2. The first-order valence-electron chi connectivity index (χ1n) is 11.8.